The van der Waals surface area contributed by atoms with Crippen LogP contribution in [-0.2, 0) is 0 Å². The Balaban J connectivity index is 3.08. The molecule has 0 N–H and O–H groups in total. The summed E-state index contributed by atoms with van der Waals surface area (Å²) in [6.45, 7) is 4.42. The van der Waals surface area contributed by atoms with Gasteiger partial charge in [0, 0.05) is 0 Å². The highest BCUT2D eigenvalue weighted by Crippen LogP contribution is 1.93. The van der Waals surface area contributed by atoms with E-state index in [0.29, 0.717) is 0 Å². The molecule has 2 nitrogen and oxygen atoms in total. The van der Waals surface area contributed by atoms with Crippen molar-refractivity contribution in [1.82, 2.24) is 0 Å². The van der Waals surface area contributed by atoms with E-state index in [4.69, 9.17) is 11.6 Å². The van der Waals surface area contributed by atoms with Crippen molar-refractivity contribution in [3.63, 3.8) is 0 Å². The standard InChI is InChI=1S/C4H9ClN2/c1-3-6-7-4(2)5/h4H,3H2,1-2H3. The van der Waals surface area contributed by atoms with E-state index in [2.05, 4.69) is 10.2 Å². The number of azo groups is 1. The van der Waals surface area contributed by atoms with Gasteiger partial charge in [-0.3, -0.25) is 0 Å². The Hall–Kier alpha value is -0.110. The molecule has 0 aliphatic rings. The zero-order valence-corrected chi connectivity index (χ0v) is 5.31. The van der Waals surface area contributed by atoms with E-state index in [-0.39, 0.29) is 5.50 Å². The first-order valence-electron chi connectivity index (χ1n) is 2.28. The monoisotopic (exact) mass is 120 g/mol. The molecule has 0 aliphatic carbocycles. The van der Waals surface area contributed by atoms with Gasteiger partial charge >= 0.3 is 0 Å². The van der Waals surface area contributed by atoms with E-state index in [1.54, 1.807) is 6.92 Å². The second kappa shape index (κ2) is 4.06. The Kier molecular flexibility index (Phi) is 4.00. The van der Waals surface area contributed by atoms with Crippen molar-refractivity contribution in [1.29, 1.82) is 0 Å². The lowest BCUT2D eigenvalue weighted by atomic mass is 10.8. The van der Waals surface area contributed by atoms with E-state index in [1.807, 2.05) is 6.92 Å². The number of halogens is 1. The van der Waals surface area contributed by atoms with Gasteiger partial charge in [0.15, 0.2) is 0 Å². The van der Waals surface area contributed by atoms with Crippen LogP contribution in [0.4, 0.5) is 0 Å². The number of alkyl halides is 1. The minimum absolute atomic E-state index is 0.167. The summed E-state index contributed by atoms with van der Waals surface area (Å²) in [5.41, 5.74) is -0.167. The highest BCUT2D eigenvalue weighted by Gasteiger charge is 1.83. The second-order valence-electron chi connectivity index (χ2n) is 1.15. The van der Waals surface area contributed by atoms with Crippen LogP contribution >= 0.6 is 11.6 Å². The topological polar surface area (TPSA) is 24.7 Å². The second-order valence-corrected chi connectivity index (χ2v) is 1.78. The molecule has 0 bridgehead atoms. The third-order valence-corrected chi connectivity index (χ3v) is 0.469. The molecule has 0 fully saturated rings. The van der Waals surface area contributed by atoms with Crippen LogP contribution in [0.15, 0.2) is 10.2 Å². The first-order chi connectivity index (χ1) is 3.27. The highest BCUT2D eigenvalue weighted by molar-refractivity contribution is 6.20. The molecular formula is C4H9ClN2. The minimum atomic E-state index is -0.167. The van der Waals surface area contributed by atoms with Crippen LogP contribution in [0.1, 0.15) is 13.8 Å². The van der Waals surface area contributed by atoms with E-state index >= 15 is 0 Å². The Labute approximate surface area is 48.6 Å². The van der Waals surface area contributed by atoms with Crippen molar-refractivity contribution in [2.75, 3.05) is 6.54 Å². The number of hydrogen-bond acceptors (Lipinski definition) is 2. The summed E-state index contributed by atoms with van der Waals surface area (Å²) in [5.74, 6) is 0. The molecule has 0 aliphatic heterocycles. The minimum Gasteiger partial charge on any atom is -0.193 e. The first kappa shape index (κ1) is 6.89. The van der Waals surface area contributed by atoms with Gasteiger partial charge in [-0.05, 0) is 13.8 Å². The van der Waals surface area contributed by atoms with Crippen LogP contribution in [0.2, 0.25) is 0 Å². The van der Waals surface area contributed by atoms with Crippen LogP contribution in [0, 0.1) is 0 Å². The molecular weight excluding hydrogens is 112 g/mol. The summed E-state index contributed by atoms with van der Waals surface area (Å²) in [6, 6.07) is 0. The van der Waals surface area contributed by atoms with Crippen molar-refractivity contribution in [3.8, 4) is 0 Å². The van der Waals surface area contributed by atoms with Crippen LogP contribution in [0.3, 0.4) is 0 Å². The molecule has 0 aromatic carbocycles. The van der Waals surface area contributed by atoms with Gasteiger partial charge in [0.2, 0.25) is 0 Å². The predicted octanol–water partition coefficient (Wildman–Crippen LogP) is 2.04. The lowest BCUT2D eigenvalue weighted by Crippen LogP contribution is -1.79. The molecule has 42 valence electrons. The maximum absolute atomic E-state index is 5.40. The summed E-state index contributed by atoms with van der Waals surface area (Å²) in [4.78, 5) is 0. The molecule has 0 heterocycles. The Bertz CT molecular complexity index is 60.7. The molecule has 0 aromatic rings. The number of nitrogens with zero attached hydrogens (tertiary/aromatic N) is 2. The molecule has 0 saturated carbocycles. The largest absolute Gasteiger partial charge is 0.193 e. The molecule has 0 spiro atoms. The first-order valence-corrected chi connectivity index (χ1v) is 2.71. The van der Waals surface area contributed by atoms with Crippen LogP contribution < -0.4 is 0 Å². The average molecular weight is 121 g/mol. The summed E-state index contributed by atoms with van der Waals surface area (Å²) < 4.78 is 0. The van der Waals surface area contributed by atoms with Gasteiger partial charge in [-0.25, -0.2) is 0 Å². The summed E-state index contributed by atoms with van der Waals surface area (Å²) in [5, 5.41) is 7.30. The van der Waals surface area contributed by atoms with Crippen molar-refractivity contribution >= 4 is 11.6 Å². The van der Waals surface area contributed by atoms with E-state index < -0.39 is 0 Å². The summed E-state index contributed by atoms with van der Waals surface area (Å²) >= 11 is 5.40. The van der Waals surface area contributed by atoms with Gasteiger partial charge in [0.25, 0.3) is 0 Å². The zero-order chi connectivity index (χ0) is 5.70. The van der Waals surface area contributed by atoms with E-state index in [0.717, 1.165) is 6.54 Å². The van der Waals surface area contributed by atoms with Gasteiger partial charge in [-0.2, -0.15) is 10.2 Å². The molecule has 0 saturated heterocycles. The molecule has 0 rings (SSSR count). The Morgan fingerprint density at radius 3 is 2.43 bits per heavy atom. The highest BCUT2D eigenvalue weighted by atomic mass is 35.5. The fourth-order valence-electron chi connectivity index (χ4n) is 0.194. The molecule has 7 heavy (non-hydrogen) atoms. The van der Waals surface area contributed by atoms with Crippen LogP contribution in [-0.4, -0.2) is 12.0 Å². The third kappa shape index (κ3) is 5.89. The normalized spacial score (nSPS) is 15.3. The van der Waals surface area contributed by atoms with Gasteiger partial charge in [0.05, 0.1) is 6.54 Å². The van der Waals surface area contributed by atoms with Crippen molar-refractivity contribution in [3.05, 3.63) is 0 Å². The zero-order valence-electron chi connectivity index (χ0n) is 4.56. The van der Waals surface area contributed by atoms with Gasteiger partial charge in [-0.1, -0.05) is 11.6 Å². The summed E-state index contributed by atoms with van der Waals surface area (Å²) in [7, 11) is 0. The third-order valence-electron chi connectivity index (χ3n) is 0.382. The van der Waals surface area contributed by atoms with Gasteiger partial charge < -0.3 is 0 Å². The lowest BCUT2D eigenvalue weighted by Gasteiger charge is -1.85. The van der Waals surface area contributed by atoms with Crippen LogP contribution in [0.25, 0.3) is 0 Å². The average Bonchev–Trinajstić information content (AvgIpc) is 1.61. The molecule has 1 unspecified atom stereocenters. The quantitative estimate of drug-likeness (QED) is 0.303. The SMILES string of the molecule is CCN=NC(C)Cl. The maximum atomic E-state index is 5.40. The Morgan fingerprint density at radius 2 is 2.29 bits per heavy atom. The van der Waals surface area contributed by atoms with E-state index in [1.165, 1.54) is 0 Å². The van der Waals surface area contributed by atoms with E-state index in [9.17, 15) is 0 Å². The molecule has 0 amide bonds. The fraction of sp³-hybridized carbons (Fsp3) is 1.00. The molecule has 1 atom stereocenters. The van der Waals surface area contributed by atoms with Gasteiger partial charge in [0.1, 0.15) is 5.50 Å². The molecule has 0 aromatic heterocycles. The lowest BCUT2D eigenvalue weighted by molar-refractivity contribution is 0.859. The van der Waals surface area contributed by atoms with Crippen molar-refractivity contribution in [2.45, 2.75) is 19.3 Å². The number of rotatable bonds is 2. The Morgan fingerprint density at radius 1 is 1.71 bits per heavy atom. The summed E-state index contributed by atoms with van der Waals surface area (Å²) in [6.07, 6.45) is 0. The molecule has 3 heteroatoms. The predicted molar refractivity (Wildman–Crippen MR) is 30.7 cm³/mol. The van der Waals surface area contributed by atoms with Crippen LogP contribution in [0.5, 0.6) is 0 Å². The maximum Gasteiger partial charge on any atom is 0.141 e. The smallest absolute Gasteiger partial charge is 0.141 e. The fourth-order valence-corrected chi connectivity index (χ4v) is 0.256. The number of hydrogen-bond donors (Lipinski definition) is 0. The van der Waals surface area contributed by atoms with Crippen molar-refractivity contribution in [2.24, 2.45) is 10.2 Å². The molecule has 0 radical (unpaired) electrons. The van der Waals surface area contributed by atoms with Gasteiger partial charge in [-0.15, -0.1) is 0 Å². The van der Waals surface area contributed by atoms with Crippen molar-refractivity contribution < 1.29 is 0 Å².